The molecule has 2 nitrogen and oxygen atoms in total. The number of hydrogen-bond donors (Lipinski definition) is 2. The summed E-state index contributed by atoms with van der Waals surface area (Å²) in [6.07, 6.45) is -0.487. The van der Waals surface area contributed by atoms with Gasteiger partial charge in [0.15, 0.2) is 0 Å². The van der Waals surface area contributed by atoms with Crippen molar-refractivity contribution in [3.63, 3.8) is 0 Å². The lowest BCUT2D eigenvalue weighted by Crippen LogP contribution is -2.13. The van der Waals surface area contributed by atoms with Gasteiger partial charge in [-0.05, 0) is 49.1 Å². The number of hydrogen-bond acceptors (Lipinski definition) is 2. The number of para-hydroxylation sites is 1. The summed E-state index contributed by atoms with van der Waals surface area (Å²) in [7, 11) is 0. The Kier molecular flexibility index (Phi) is 4.23. The maximum Gasteiger partial charge on any atom is 0.0962 e. The predicted molar refractivity (Wildman–Crippen MR) is 80.5 cm³/mol. The van der Waals surface area contributed by atoms with Crippen molar-refractivity contribution in [2.45, 2.75) is 26.9 Å². The minimum Gasteiger partial charge on any atom is -0.387 e. The van der Waals surface area contributed by atoms with E-state index in [-0.39, 0.29) is 0 Å². The summed E-state index contributed by atoms with van der Waals surface area (Å²) in [5.74, 6) is 0. The van der Waals surface area contributed by atoms with Crippen LogP contribution in [0.5, 0.6) is 0 Å². The third kappa shape index (κ3) is 3.36. The highest BCUT2D eigenvalue weighted by Crippen LogP contribution is 2.19. The third-order valence-corrected chi connectivity index (χ3v) is 3.55. The van der Waals surface area contributed by atoms with Crippen LogP contribution in [0, 0.1) is 20.8 Å². The molecule has 0 radical (unpaired) electrons. The predicted octanol–water partition coefficient (Wildman–Crippen LogP) is 3.76. The van der Waals surface area contributed by atoms with Crippen LogP contribution in [0.2, 0.25) is 0 Å². The van der Waals surface area contributed by atoms with E-state index in [4.69, 9.17) is 0 Å². The second kappa shape index (κ2) is 5.89. The fourth-order valence-electron chi connectivity index (χ4n) is 2.07. The summed E-state index contributed by atoms with van der Waals surface area (Å²) in [5, 5.41) is 13.5. The second-order valence-corrected chi connectivity index (χ2v) is 5.06. The first-order valence-electron chi connectivity index (χ1n) is 6.62. The summed E-state index contributed by atoms with van der Waals surface area (Å²) >= 11 is 0. The maximum atomic E-state index is 10.2. The fraction of sp³-hybridized carbons (Fsp3) is 0.294. The lowest BCUT2D eigenvalue weighted by molar-refractivity contribution is 0.191. The molecule has 0 saturated heterocycles. The Morgan fingerprint density at radius 1 is 0.947 bits per heavy atom. The van der Waals surface area contributed by atoms with Crippen molar-refractivity contribution in [1.82, 2.24) is 0 Å². The third-order valence-electron chi connectivity index (χ3n) is 3.55. The van der Waals surface area contributed by atoms with Gasteiger partial charge in [-0.1, -0.05) is 36.4 Å². The van der Waals surface area contributed by atoms with Crippen molar-refractivity contribution in [1.29, 1.82) is 0 Å². The molecular formula is C17H21NO. The van der Waals surface area contributed by atoms with E-state index < -0.39 is 6.10 Å². The molecule has 0 amide bonds. The molecule has 0 fully saturated rings. The first-order valence-corrected chi connectivity index (χ1v) is 6.62. The van der Waals surface area contributed by atoms with Crippen LogP contribution < -0.4 is 5.32 Å². The van der Waals surface area contributed by atoms with Crippen molar-refractivity contribution >= 4 is 5.69 Å². The molecule has 0 aliphatic carbocycles. The molecule has 0 aromatic heterocycles. The van der Waals surface area contributed by atoms with Gasteiger partial charge in [-0.2, -0.15) is 0 Å². The van der Waals surface area contributed by atoms with E-state index in [1.165, 1.54) is 16.7 Å². The number of benzene rings is 2. The van der Waals surface area contributed by atoms with Crippen LogP contribution in [0.3, 0.4) is 0 Å². The number of aryl methyl sites for hydroxylation is 3. The van der Waals surface area contributed by atoms with Crippen molar-refractivity contribution in [2.24, 2.45) is 0 Å². The van der Waals surface area contributed by atoms with E-state index in [1.54, 1.807) is 0 Å². The maximum absolute atomic E-state index is 10.2. The topological polar surface area (TPSA) is 32.3 Å². The molecule has 2 rings (SSSR count). The Morgan fingerprint density at radius 3 is 2.37 bits per heavy atom. The van der Waals surface area contributed by atoms with Gasteiger partial charge in [-0.3, -0.25) is 0 Å². The molecular weight excluding hydrogens is 234 g/mol. The summed E-state index contributed by atoms with van der Waals surface area (Å²) in [6.45, 7) is 6.73. The molecule has 2 aromatic rings. The minimum atomic E-state index is -0.487. The van der Waals surface area contributed by atoms with E-state index in [0.717, 1.165) is 11.3 Å². The monoisotopic (exact) mass is 255 g/mol. The normalized spacial score (nSPS) is 12.2. The van der Waals surface area contributed by atoms with E-state index in [9.17, 15) is 5.11 Å². The van der Waals surface area contributed by atoms with Crippen LogP contribution in [0.25, 0.3) is 0 Å². The standard InChI is InChI=1S/C17H21NO/c1-12-8-9-15(10-14(12)3)17(19)11-18-16-7-5-4-6-13(16)2/h4-10,17-19H,11H2,1-3H3. The molecule has 100 valence electrons. The smallest absolute Gasteiger partial charge is 0.0962 e. The minimum absolute atomic E-state index is 0.487. The number of aliphatic hydroxyl groups excluding tert-OH is 1. The Balaban J connectivity index is 2.03. The molecule has 2 N–H and O–H groups in total. The molecule has 1 unspecified atom stereocenters. The average Bonchev–Trinajstić information content (AvgIpc) is 2.40. The average molecular weight is 255 g/mol. The van der Waals surface area contributed by atoms with E-state index in [1.807, 2.05) is 24.3 Å². The lowest BCUT2D eigenvalue weighted by Gasteiger charge is -2.15. The van der Waals surface area contributed by atoms with E-state index in [2.05, 4.69) is 44.3 Å². The van der Waals surface area contributed by atoms with Crippen molar-refractivity contribution < 1.29 is 5.11 Å². The van der Waals surface area contributed by atoms with Crippen molar-refractivity contribution in [3.8, 4) is 0 Å². The Morgan fingerprint density at radius 2 is 1.68 bits per heavy atom. The zero-order valence-corrected chi connectivity index (χ0v) is 11.8. The molecule has 1 atom stereocenters. The summed E-state index contributed by atoms with van der Waals surface area (Å²) in [4.78, 5) is 0. The number of aliphatic hydroxyl groups is 1. The van der Waals surface area contributed by atoms with Gasteiger partial charge in [-0.15, -0.1) is 0 Å². The highest BCUT2D eigenvalue weighted by atomic mass is 16.3. The van der Waals surface area contributed by atoms with Gasteiger partial charge in [0.25, 0.3) is 0 Å². The fourth-order valence-corrected chi connectivity index (χ4v) is 2.07. The van der Waals surface area contributed by atoms with Crippen LogP contribution in [0.15, 0.2) is 42.5 Å². The molecule has 0 bridgehead atoms. The highest BCUT2D eigenvalue weighted by Gasteiger charge is 2.08. The lowest BCUT2D eigenvalue weighted by atomic mass is 10.0. The molecule has 0 spiro atoms. The van der Waals surface area contributed by atoms with Crippen LogP contribution in [0.4, 0.5) is 5.69 Å². The Bertz CT molecular complexity index is 563. The van der Waals surface area contributed by atoms with Crippen molar-refractivity contribution in [3.05, 3.63) is 64.7 Å². The summed E-state index contributed by atoms with van der Waals surface area (Å²) < 4.78 is 0. The van der Waals surface area contributed by atoms with E-state index >= 15 is 0 Å². The molecule has 2 heteroatoms. The first kappa shape index (κ1) is 13.6. The molecule has 0 aliphatic rings. The van der Waals surface area contributed by atoms with Gasteiger partial charge in [0.1, 0.15) is 0 Å². The van der Waals surface area contributed by atoms with Crippen LogP contribution >= 0.6 is 0 Å². The summed E-state index contributed by atoms with van der Waals surface area (Å²) in [5.41, 5.74) is 5.69. The van der Waals surface area contributed by atoms with Gasteiger partial charge in [-0.25, -0.2) is 0 Å². The highest BCUT2D eigenvalue weighted by molar-refractivity contribution is 5.50. The van der Waals surface area contributed by atoms with Gasteiger partial charge < -0.3 is 10.4 Å². The van der Waals surface area contributed by atoms with Crippen molar-refractivity contribution in [2.75, 3.05) is 11.9 Å². The largest absolute Gasteiger partial charge is 0.387 e. The van der Waals surface area contributed by atoms with Crippen LogP contribution in [-0.4, -0.2) is 11.7 Å². The van der Waals surface area contributed by atoms with Crippen LogP contribution in [0.1, 0.15) is 28.4 Å². The second-order valence-electron chi connectivity index (χ2n) is 5.06. The molecule has 19 heavy (non-hydrogen) atoms. The SMILES string of the molecule is Cc1ccc(C(O)CNc2ccccc2C)cc1C. The molecule has 0 saturated carbocycles. The Hall–Kier alpha value is -1.80. The van der Waals surface area contributed by atoms with Gasteiger partial charge in [0, 0.05) is 12.2 Å². The number of nitrogens with one attached hydrogen (secondary N) is 1. The number of rotatable bonds is 4. The van der Waals surface area contributed by atoms with Gasteiger partial charge >= 0.3 is 0 Å². The first-order chi connectivity index (χ1) is 9.08. The molecule has 0 heterocycles. The Labute approximate surface area is 115 Å². The quantitative estimate of drug-likeness (QED) is 0.872. The summed E-state index contributed by atoms with van der Waals surface area (Å²) in [6, 6.07) is 14.2. The zero-order valence-electron chi connectivity index (χ0n) is 11.8. The van der Waals surface area contributed by atoms with Crippen LogP contribution in [-0.2, 0) is 0 Å². The molecule has 0 aliphatic heterocycles. The zero-order chi connectivity index (χ0) is 13.8. The van der Waals surface area contributed by atoms with E-state index in [0.29, 0.717) is 6.54 Å². The van der Waals surface area contributed by atoms with Gasteiger partial charge in [0.2, 0.25) is 0 Å². The number of anilines is 1. The van der Waals surface area contributed by atoms with Gasteiger partial charge in [0.05, 0.1) is 6.10 Å². The molecule has 2 aromatic carbocycles.